The second kappa shape index (κ2) is 7.35. The number of imidazole rings is 1. The maximum atomic E-state index is 12.8. The molecule has 0 saturated heterocycles. The van der Waals surface area contributed by atoms with Gasteiger partial charge in [0, 0.05) is 38.2 Å². The van der Waals surface area contributed by atoms with Gasteiger partial charge in [-0.3, -0.25) is 19.0 Å². The van der Waals surface area contributed by atoms with Crippen molar-refractivity contribution in [2.45, 2.75) is 19.9 Å². The highest BCUT2D eigenvalue weighted by Crippen LogP contribution is 2.10. The van der Waals surface area contributed by atoms with Crippen molar-refractivity contribution in [1.82, 2.24) is 24.6 Å². The largest absolute Gasteiger partial charge is 0.349 e. The van der Waals surface area contributed by atoms with Crippen LogP contribution in [0.4, 0.5) is 0 Å². The van der Waals surface area contributed by atoms with Crippen LogP contribution in [-0.2, 0) is 0 Å². The van der Waals surface area contributed by atoms with Crippen LogP contribution in [0.15, 0.2) is 48.9 Å². The summed E-state index contributed by atoms with van der Waals surface area (Å²) in [5.74, 6) is -0.378. The third-order valence-corrected chi connectivity index (χ3v) is 4.41. The average Bonchev–Trinajstić information content (AvgIpc) is 3.13. The van der Waals surface area contributed by atoms with E-state index in [1.54, 1.807) is 53.1 Å². The third kappa shape index (κ3) is 3.42. The Morgan fingerprint density at radius 3 is 2.77 bits per heavy atom. The van der Waals surface area contributed by atoms with Crippen LogP contribution < -0.4 is 5.32 Å². The molecule has 1 N–H and O–H groups in total. The third-order valence-electron chi connectivity index (χ3n) is 4.41. The highest BCUT2D eigenvalue weighted by Gasteiger charge is 2.21. The standard InChI is InChI=1S/C19H21N5O2/c1-13-6-5-9-21-17(13)18(25)22-12-14(2)23(3)19(26)15-7-4-8-16-20-10-11-24(15)16/h4-11,14H,12H2,1-3H3,(H,22,25). The smallest absolute Gasteiger partial charge is 0.270 e. The summed E-state index contributed by atoms with van der Waals surface area (Å²) in [7, 11) is 1.72. The van der Waals surface area contributed by atoms with Crippen LogP contribution >= 0.6 is 0 Å². The molecule has 26 heavy (non-hydrogen) atoms. The number of pyridine rings is 2. The first-order valence-corrected chi connectivity index (χ1v) is 8.38. The van der Waals surface area contributed by atoms with E-state index in [0.29, 0.717) is 17.9 Å². The summed E-state index contributed by atoms with van der Waals surface area (Å²) in [6, 6.07) is 8.85. The number of nitrogens with zero attached hydrogens (tertiary/aromatic N) is 4. The van der Waals surface area contributed by atoms with Crippen molar-refractivity contribution < 1.29 is 9.59 Å². The van der Waals surface area contributed by atoms with Crippen LogP contribution in [0.2, 0.25) is 0 Å². The van der Waals surface area contributed by atoms with Crippen LogP contribution in [0, 0.1) is 6.92 Å². The molecule has 134 valence electrons. The van der Waals surface area contributed by atoms with Gasteiger partial charge >= 0.3 is 0 Å². The van der Waals surface area contributed by atoms with Crippen LogP contribution in [-0.4, -0.2) is 50.7 Å². The molecule has 3 aromatic heterocycles. The van der Waals surface area contributed by atoms with Crippen LogP contribution in [0.3, 0.4) is 0 Å². The molecule has 0 aliphatic carbocycles. The van der Waals surface area contributed by atoms with Gasteiger partial charge in [-0.2, -0.15) is 0 Å². The normalized spacial score (nSPS) is 12.0. The van der Waals surface area contributed by atoms with Gasteiger partial charge in [-0.25, -0.2) is 4.98 Å². The number of amides is 2. The van der Waals surface area contributed by atoms with Gasteiger partial charge in [0.25, 0.3) is 11.8 Å². The number of aromatic nitrogens is 3. The topological polar surface area (TPSA) is 79.6 Å². The maximum absolute atomic E-state index is 12.8. The number of hydrogen-bond donors (Lipinski definition) is 1. The van der Waals surface area contributed by atoms with Crippen molar-refractivity contribution in [1.29, 1.82) is 0 Å². The number of aryl methyl sites for hydroxylation is 1. The number of rotatable bonds is 5. The SMILES string of the molecule is Cc1cccnc1C(=O)NCC(C)N(C)C(=O)c1cccc2nccn12. The molecule has 0 aliphatic rings. The van der Waals surface area contributed by atoms with Crippen LogP contribution in [0.1, 0.15) is 33.5 Å². The van der Waals surface area contributed by atoms with E-state index in [2.05, 4.69) is 15.3 Å². The van der Waals surface area contributed by atoms with E-state index in [-0.39, 0.29) is 17.9 Å². The van der Waals surface area contributed by atoms with Crippen LogP contribution in [0.5, 0.6) is 0 Å². The molecule has 0 bridgehead atoms. The number of hydrogen-bond acceptors (Lipinski definition) is 4. The highest BCUT2D eigenvalue weighted by atomic mass is 16.2. The zero-order chi connectivity index (χ0) is 18.7. The molecule has 0 radical (unpaired) electrons. The van der Waals surface area contributed by atoms with Gasteiger partial charge in [0.2, 0.25) is 0 Å². The zero-order valence-corrected chi connectivity index (χ0v) is 15.0. The maximum Gasteiger partial charge on any atom is 0.270 e. The minimum atomic E-state index is -0.243. The molecule has 0 fully saturated rings. The second-order valence-electron chi connectivity index (χ2n) is 6.21. The van der Waals surface area contributed by atoms with E-state index in [0.717, 1.165) is 11.2 Å². The molecule has 7 heteroatoms. The second-order valence-corrected chi connectivity index (χ2v) is 6.21. The van der Waals surface area contributed by atoms with E-state index in [1.165, 1.54) is 0 Å². The van der Waals surface area contributed by atoms with E-state index >= 15 is 0 Å². The lowest BCUT2D eigenvalue weighted by atomic mass is 10.2. The average molecular weight is 351 g/mol. The Morgan fingerprint density at radius 1 is 1.19 bits per heavy atom. The number of likely N-dealkylation sites (N-methyl/N-ethyl adjacent to an activating group) is 1. The fraction of sp³-hybridized carbons (Fsp3) is 0.263. The molecule has 0 aliphatic heterocycles. The fourth-order valence-corrected chi connectivity index (χ4v) is 2.69. The van der Waals surface area contributed by atoms with Gasteiger partial charge in [0.15, 0.2) is 0 Å². The molecule has 0 spiro atoms. The van der Waals surface area contributed by atoms with Gasteiger partial charge in [-0.15, -0.1) is 0 Å². The van der Waals surface area contributed by atoms with Gasteiger partial charge in [-0.05, 0) is 37.6 Å². The summed E-state index contributed by atoms with van der Waals surface area (Å²) in [6.07, 6.45) is 5.00. The Bertz CT molecular complexity index is 950. The minimum Gasteiger partial charge on any atom is -0.349 e. The molecule has 7 nitrogen and oxygen atoms in total. The molecule has 0 saturated carbocycles. The van der Waals surface area contributed by atoms with Crippen molar-refractivity contribution in [3.63, 3.8) is 0 Å². The number of nitrogens with one attached hydrogen (secondary N) is 1. The summed E-state index contributed by atoms with van der Waals surface area (Å²) >= 11 is 0. The first kappa shape index (κ1) is 17.6. The molecule has 1 unspecified atom stereocenters. The van der Waals surface area contributed by atoms with Gasteiger partial charge in [0.05, 0.1) is 0 Å². The molecular formula is C19H21N5O2. The Hall–Kier alpha value is -3.22. The lowest BCUT2D eigenvalue weighted by Gasteiger charge is -2.25. The number of carbonyl (C=O) groups is 2. The summed E-state index contributed by atoms with van der Waals surface area (Å²) in [4.78, 5) is 35.0. The molecule has 1 atom stereocenters. The Kier molecular flexibility index (Phi) is 4.97. The quantitative estimate of drug-likeness (QED) is 0.762. The molecule has 3 aromatic rings. The minimum absolute atomic E-state index is 0.135. The van der Waals surface area contributed by atoms with Gasteiger partial charge < -0.3 is 10.2 Å². The predicted octanol–water partition coefficient (Wildman–Crippen LogP) is 1.93. The fourth-order valence-electron chi connectivity index (χ4n) is 2.69. The number of carbonyl (C=O) groups excluding carboxylic acids is 2. The molecule has 0 aromatic carbocycles. The Morgan fingerprint density at radius 2 is 2.00 bits per heavy atom. The summed E-state index contributed by atoms with van der Waals surface area (Å²) in [5, 5.41) is 2.84. The zero-order valence-electron chi connectivity index (χ0n) is 15.0. The van der Waals surface area contributed by atoms with Gasteiger partial charge in [-0.1, -0.05) is 12.1 Å². The predicted molar refractivity (Wildman–Crippen MR) is 98.1 cm³/mol. The Labute approximate surface area is 151 Å². The van der Waals surface area contributed by atoms with Gasteiger partial charge in [0.1, 0.15) is 17.0 Å². The van der Waals surface area contributed by atoms with Crippen molar-refractivity contribution in [2.75, 3.05) is 13.6 Å². The first-order chi connectivity index (χ1) is 12.5. The summed E-state index contributed by atoms with van der Waals surface area (Å²) < 4.78 is 1.75. The van der Waals surface area contributed by atoms with E-state index in [1.807, 2.05) is 26.0 Å². The van der Waals surface area contributed by atoms with Crippen molar-refractivity contribution in [3.05, 3.63) is 65.9 Å². The van der Waals surface area contributed by atoms with Crippen LogP contribution in [0.25, 0.3) is 5.65 Å². The lowest BCUT2D eigenvalue weighted by Crippen LogP contribution is -2.43. The van der Waals surface area contributed by atoms with Crippen molar-refractivity contribution in [2.24, 2.45) is 0 Å². The van der Waals surface area contributed by atoms with E-state index in [4.69, 9.17) is 0 Å². The van der Waals surface area contributed by atoms with Crippen molar-refractivity contribution in [3.8, 4) is 0 Å². The molecule has 3 heterocycles. The van der Waals surface area contributed by atoms with Crippen molar-refractivity contribution >= 4 is 17.5 Å². The molecular weight excluding hydrogens is 330 g/mol. The Balaban J connectivity index is 1.67. The summed E-state index contributed by atoms with van der Waals surface area (Å²) in [6.45, 7) is 4.06. The lowest BCUT2D eigenvalue weighted by molar-refractivity contribution is 0.0724. The molecule has 3 rings (SSSR count). The van der Waals surface area contributed by atoms with E-state index < -0.39 is 0 Å². The highest BCUT2D eigenvalue weighted by molar-refractivity contribution is 5.94. The monoisotopic (exact) mass is 351 g/mol. The van der Waals surface area contributed by atoms with E-state index in [9.17, 15) is 9.59 Å². The first-order valence-electron chi connectivity index (χ1n) is 8.38. The summed E-state index contributed by atoms with van der Waals surface area (Å²) in [5.41, 5.74) is 2.46. The number of fused-ring (bicyclic) bond motifs is 1. The molecule has 2 amide bonds.